The van der Waals surface area contributed by atoms with Crippen LogP contribution in [0.3, 0.4) is 0 Å². The lowest BCUT2D eigenvalue weighted by Gasteiger charge is -2.25. The Morgan fingerprint density at radius 2 is 2.20 bits per heavy atom. The third kappa shape index (κ3) is 4.11. The van der Waals surface area contributed by atoms with Crippen molar-refractivity contribution in [2.24, 2.45) is 5.92 Å². The van der Waals surface area contributed by atoms with Gasteiger partial charge in [-0.3, -0.25) is 4.79 Å². The van der Waals surface area contributed by atoms with Gasteiger partial charge in [0, 0.05) is 25.6 Å². The molecule has 7 heteroatoms. The molecule has 0 bridgehead atoms. The standard InChI is InChI=1S/C18H23N5O2/c1-3-22(12-16-9-10-25-13-16)18(24)17(23-14(2)19-20-21-23)11-15-7-5-4-6-8-15/h4-8,11,16H,3,9-10,12-13H2,1-2H3/b17-11+/t16-/m1/s1. The lowest BCUT2D eigenvalue weighted by atomic mass is 10.1. The van der Waals surface area contributed by atoms with E-state index in [1.807, 2.05) is 48.2 Å². The van der Waals surface area contributed by atoms with Gasteiger partial charge in [-0.05, 0) is 42.3 Å². The van der Waals surface area contributed by atoms with Crippen molar-refractivity contribution >= 4 is 17.7 Å². The number of carbonyl (C=O) groups excluding carboxylic acids is 1. The first-order valence-electron chi connectivity index (χ1n) is 8.58. The molecule has 1 fully saturated rings. The lowest BCUT2D eigenvalue weighted by molar-refractivity contribution is -0.125. The van der Waals surface area contributed by atoms with Crippen LogP contribution in [0.4, 0.5) is 0 Å². The summed E-state index contributed by atoms with van der Waals surface area (Å²) in [5.41, 5.74) is 1.38. The molecule has 0 unspecified atom stereocenters. The average molecular weight is 341 g/mol. The van der Waals surface area contributed by atoms with Gasteiger partial charge in [-0.2, -0.15) is 4.68 Å². The average Bonchev–Trinajstić information content (AvgIpc) is 3.29. The number of benzene rings is 1. The Morgan fingerprint density at radius 1 is 1.40 bits per heavy atom. The molecule has 1 aliphatic heterocycles. The highest BCUT2D eigenvalue weighted by atomic mass is 16.5. The van der Waals surface area contributed by atoms with Gasteiger partial charge < -0.3 is 9.64 Å². The van der Waals surface area contributed by atoms with Crippen LogP contribution >= 0.6 is 0 Å². The lowest BCUT2D eigenvalue weighted by Crippen LogP contribution is -2.37. The van der Waals surface area contributed by atoms with Crippen molar-refractivity contribution in [3.8, 4) is 0 Å². The number of aryl methyl sites for hydroxylation is 1. The van der Waals surface area contributed by atoms with E-state index in [2.05, 4.69) is 15.5 Å². The van der Waals surface area contributed by atoms with Gasteiger partial charge in [0.15, 0.2) is 5.82 Å². The van der Waals surface area contributed by atoms with Crippen LogP contribution in [0, 0.1) is 12.8 Å². The number of likely N-dealkylation sites (N-methyl/N-ethyl adjacent to an activating group) is 1. The number of carbonyl (C=O) groups is 1. The Kier molecular flexibility index (Phi) is 5.55. The van der Waals surface area contributed by atoms with Gasteiger partial charge in [0.05, 0.1) is 6.61 Å². The molecule has 2 aromatic rings. The van der Waals surface area contributed by atoms with E-state index < -0.39 is 0 Å². The van der Waals surface area contributed by atoms with Crippen molar-refractivity contribution < 1.29 is 9.53 Å². The van der Waals surface area contributed by atoms with E-state index in [9.17, 15) is 4.79 Å². The van der Waals surface area contributed by atoms with E-state index >= 15 is 0 Å². The summed E-state index contributed by atoms with van der Waals surface area (Å²) >= 11 is 0. The van der Waals surface area contributed by atoms with Gasteiger partial charge in [0.2, 0.25) is 0 Å². The predicted octanol–water partition coefficient (Wildman–Crippen LogP) is 1.86. The van der Waals surface area contributed by atoms with Crippen molar-refractivity contribution in [1.82, 2.24) is 25.1 Å². The molecular weight excluding hydrogens is 318 g/mol. The Hall–Kier alpha value is -2.54. The van der Waals surface area contributed by atoms with Crippen LogP contribution in [0.15, 0.2) is 30.3 Å². The van der Waals surface area contributed by atoms with Gasteiger partial charge >= 0.3 is 0 Å². The van der Waals surface area contributed by atoms with Crippen LogP contribution in [0.5, 0.6) is 0 Å². The maximum Gasteiger partial charge on any atom is 0.272 e. The normalized spacial score (nSPS) is 17.7. The number of ether oxygens (including phenoxy) is 1. The second kappa shape index (κ2) is 8.02. The fraction of sp³-hybridized carbons (Fsp3) is 0.444. The quantitative estimate of drug-likeness (QED) is 0.750. The Bertz CT molecular complexity index is 735. The van der Waals surface area contributed by atoms with Crippen molar-refractivity contribution in [2.75, 3.05) is 26.3 Å². The molecule has 0 saturated carbocycles. The van der Waals surface area contributed by atoms with E-state index in [1.165, 1.54) is 4.68 Å². The molecular formula is C18H23N5O2. The number of nitrogens with zero attached hydrogens (tertiary/aromatic N) is 5. The molecule has 0 N–H and O–H groups in total. The minimum Gasteiger partial charge on any atom is -0.381 e. The third-order valence-corrected chi connectivity index (χ3v) is 4.35. The number of hydrogen-bond acceptors (Lipinski definition) is 5. The summed E-state index contributed by atoms with van der Waals surface area (Å²) < 4.78 is 6.94. The fourth-order valence-electron chi connectivity index (χ4n) is 2.93. The Labute approximate surface area is 147 Å². The number of rotatable bonds is 6. The molecule has 3 rings (SSSR count). The Morgan fingerprint density at radius 3 is 2.80 bits per heavy atom. The summed E-state index contributed by atoms with van der Waals surface area (Å²) in [4.78, 5) is 15.1. The highest BCUT2D eigenvalue weighted by molar-refractivity contribution is 6.18. The number of amides is 1. The molecule has 2 heterocycles. The predicted molar refractivity (Wildman–Crippen MR) is 94.3 cm³/mol. The van der Waals surface area contributed by atoms with Crippen LogP contribution in [0.25, 0.3) is 11.8 Å². The van der Waals surface area contributed by atoms with Gasteiger partial charge in [0.1, 0.15) is 5.70 Å². The number of tetrazole rings is 1. The first kappa shape index (κ1) is 17.3. The summed E-state index contributed by atoms with van der Waals surface area (Å²) in [5, 5.41) is 11.6. The van der Waals surface area contributed by atoms with Crippen molar-refractivity contribution in [1.29, 1.82) is 0 Å². The molecule has 7 nitrogen and oxygen atoms in total. The van der Waals surface area contributed by atoms with E-state index in [0.717, 1.165) is 18.6 Å². The van der Waals surface area contributed by atoms with Crippen LogP contribution in [0.2, 0.25) is 0 Å². The van der Waals surface area contributed by atoms with E-state index in [4.69, 9.17) is 4.74 Å². The highest BCUT2D eigenvalue weighted by Crippen LogP contribution is 2.19. The van der Waals surface area contributed by atoms with Crippen molar-refractivity contribution in [3.63, 3.8) is 0 Å². The zero-order chi connectivity index (χ0) is 17.6. The fourth-order valence-corrected chi connectivity index (χ4v) is 2.93. The second-order valence-electron chi connectivity index (χ2n) is 6.15. The number of aromatic nitrogens is 4. The van der Waals surface area contributed by atoms with Crippen molar-refractivity contribution in [2.45, 2.75) is 20.3 Å². The van der Waals surface area contributed by atoms with E-state index in [-0.39, 0.29) is 5.91 Å². The van der Waals surface area contributed by atoms with Gasteiger partial charge in [0.25, 0.3) is 5.91 Å². The summed E-state index contributed by atoms with van der Waals surface area (Å²) in [6.07, 6.45) is 2.82. The van der Waals surface area contributed by atoms with Gasteiger partial charge in [-0.25, -0.2) is 0 Å². The molecule has 1 aromatic carbocycles. The smallest absolute Gasteiger partial charge is 0.272 e. The molecule has 1 amide bonds. The monoisotopic (exact) mass is 341 g/mol. The molecule has 132 valence electrons. The summed E-state index contributed by atoms with van der Waals surface area (Å²) in [6.45, 7) is 6.57. The third-order valence-electron chi connectivity index (χ3n) is 4.35. The summed E-state index contributed by atoms with van der Waals surface area (Å²) in [6, 6.07) is 9.73. The largest absolute Gasteiger partial charge is 0.381 e. The topological polar surface area (TPSA) is 73.1 Å². The van der Waals surface area contributed by atoms with Crippen LogP contribution in [-0.2, 0) is 9.53 Å². The zero-order valence-electron chi connectivity index (χ0n) is 14.6. The molecule has 25 heavy (non-hydrogen) atoms. The molecule has 1 saturated heterocycles. The number of hydrogen-bond donors (Lipinski definition) is 0. The maximum absolute atomic E-state index is 13.2. The van der Waals surface area contributed by atoms with E-state index in [0.29, 0.717) is 37.1 Å². The van der Waals surface area contributed by atoms with E-state index in [1.54, 1.807) is 6.92 Å². The van der Waals surface area contributed by atoms with Gasteiger partial charge in [-0.15, -0.1) is 5.10 Å². The molecule has 0 radical (unpaired) electrons. The van der Waals surface area contributed by atoms with Gasteiger partial charge in [-0.1, -0.05) is 30.3 Å². The molecule has 0 aliphatic carbocycles. The molecule has 1 aromatic heterocycles. The summed E-state index contributed by atoms with van der Waals surface area (Å²) in [7, 11) is 0. The summed E-state index contributed by atoms with van der Waals surface area (Å²) in [5.74, 6) is 0.890. The minimum atomic E-state index is -0.0753. The first-order valence-corrected chi connectivity index (χ1v) is 8.58. The van der Waals surface area contributed by atoms with Crippen LogP contribution in [-0.4, -0.2) is 57.3 Å². The first-order chi connectivity index (χ1) is 12.2. The molecule has 1 atom stereocenters. The SMILES string of the molecule is CCN(C[C@H]1CCOC1)C(=O)/C(=C\c1ccccc1)n1nnnc1C. The maximum atomic E-state index is 13.2. The minimum absolute atomic E-state index is 0.0753. The van der Waals surface area contributed by atoms with Crippen LogP contribution in [0.1, 0.15) is 24.7 Å². The van der Waals surface area contributed by atoms with Crippen molar-refractivity contribution in [3.05, 3.63) is 41.7 Å². The molecule has 1 aliphatic rings. The highest BCUT2D eigenvalue weighted by Gasteiger charge is 2.25. The Balaban J connectivity index is 1.91. The second-order valence-corrected chi connectivity index (χ2v) is 6.15. The van der Waals surface area contributed by atoms with Crippen LogP contribution < -0.4 is 0 Å². The zero-order valence-corrected chi connectivity index (χ0v) is 14.6. The molecule has 0 spiro atoms.